The average molecular weight is 411 g/mol. The molecule has 1 amide bonds. The van der Waals surface area contributed by atoms with Crippen LogP contribution in [0.25, 0.3) is 10.9 Å². The molecule has 0 spiro atoms. The number of nitrogens with zero attached hydrogens (tertiary/aromatic N) is 2. The summed E-state index contributed by atoms with van der Waals surface area (Å²) in [4.78, 5) is 19.6. The van der Waals surface area contributed by atoms with E-state index in [0.717, 1.165) is 22.0 Å². The van der Waals surface area contributed by atoms with Gasteiger partial charge in [-0.05, 0) is 49.6 Å². The van der Waals surface area contributed by atoms with Gasteiger partial charge in [0.25, 0.3) is 11.7 Å². The Morgan fingerprint density at radius 2 is 2.21 bits per heavy atom. The largest absolute Gasteiger partial charge is 0.361 e. The van der Waals surface area contributed by atoms with E-state index in [1.807, 2.05) is 56.5 Å². The van der Waals surface area contributed by atoms with Gasteiger partial charge in [-0.3, -0.25) is 4.79 Å². The third-order valence-corrected chi connectivity index (χ3v) is 4.46. The summed E-state index contributed by atoms with van der Waals surface area (Å²) in [6.07, 6.45) is 8.75. The van der Waals surface area contributed by atoms with Gasteiger partial charge in [-0.25, -0.2) is 0 Å². The molecule has 2 N–H and O–H groups in total. The van der Waals surface area contributed by atoms with Crippen molar-refractivity contribution < 1.29 is 9.32 Å². The summed E-state index contributed by atoms with van der Waals surface area (Å²) in [5.41, 5.74) is 4.10. The van der Waals surface area contributed by atoms with Crippen LogP contribution in [0.4, 0.5) is 0 Å². The fourth-order valence-electron chi connectivity index (χ4n) is 2.80. The van der Waals surface area contributed by atoms with Gasteiger partial charge in [-0.1, -0.05) is 47.1 Å². The Hall–Kier alpha value is -3.12. The Balaban J connectivity index is 1.52. The third-order valence-electron chi connectivity index (χ3n) is 4.22. The van der Waals surface area contributed by atoms with Crippen molar-refractivity contribution in [1.82, 2.24) is 20.4 Å². The van der Waals surface area contributed by atoms with E-state index in [0.29, 0.717) is 30.3 Å². The highest BCUT2D eigenvalue weighted by atomic mass is 35.5. The molecule has 2 heterocycles. The molecule has 0 fully saturated rings. The molecule has 0 saturated heterocycles. The van der Waals surface area contributed by atoms with E-state index >= 15 is 0 Å². The van der Waals surface area contributed by atoms with E-state index < -0.39 is 0 Å². The monoisotopic (exact) mass is 410 g/mol. The van der Waals surface area contributed by atoms with Crippen molar-refractivity contribution in [3.05, 3.63) is 82.7 Å². The molecule has 3 rings (SSSR count). The predicted octanol–water partition coefficient (Wildman–Crippen LogP) is 4.80. The number of amides is 1. The predicted molar refractivity (Wildman–Crippen MR) is 115 cm³/mol. The van der Waals surface area contributed by atoms with Crippen LogP contribution in [0.15, 0.2) is 64.9 Å². The first kappa shape index (κ1) is 20.6. The van der Waals surface area contributed by atoms with Crippen molar-refractivity contribution in [3.63, 3.8) is 0 Å². The van der Waals surface area contributed by atoms with Crippen molar-refractivity contribution in [2.24, 2.45) is 0 Å². The molecule has 0 bridgehead atoms. The highest BCUT2D eigenvalue weighted by Gasteiger charge is 2.14. The molecule has 0 saturated carbocycles. The van der Waals surface area contributed by atoms with Crippen molar-refractivity contribution in [2.45, 2.75) is 26.7 Å². The highest BCUT2D eigenvalue weighted by Crippen LogP contribution is 2.22. The van der Waals surface area contributed by atoms with Crippen molar-refractivity contribution in [3.8, 4) is 0 Å². The van der Waals surface area contributed by atoms with E-state index in [1.165, 1.54) is 5.57 Å². The number of benzene rings is 1. The number of aromatic amines is 1. The van der Waals surface area contributed by atoms with Crippen LogP contribution in [0.1, 0.15) is 35.9 Å². The van der Waals surface area contributed by atoms with E-state index in [-0.39, 0.29) is 11.7 Å². The van der Waals surface area contributed by atoms with Gasteiger partial charge in [0.15, 0.2) is 0 Å². The molecule has 0 aliphatic carbocycles. The smallest absolute Gasteiger partial charge is 0.292 e. The zero-order valence-corrected chi connectivity index (χ0v) is 17.2. The van der Waals surface area contributed by atoms with Gasteiger partial charge in [0, 0.05) is 28.7 Å². The first-order chi connectivity index (χ1) is 13.9. The number of nitrogens with one attached hydrogen (secondary N) is 2. The summed E-state index contributed by atoms with van der Waals surface area (Å²) in [6, 6.07) is 5.68. The minimum atomic E-state index is -0.372. The molecule has 29 heavy (non-hydrogen) atoms. The molecular formula is C22H23ClN4O2. The Kier molecular flexibility index (Phi) is 6.67. The molecule has 6 nitrogen and oxygen atoms in total. The molecule has 2 aromatic heterocycles. The second kappa shape index (κ2) is 9.39. The van der Waals surface area contributed by atoms with Gasteiger partial charge in [-0.15, -0.1) is 0 Å². The number of hydrogen-bond donors (Lipinski definition) is 2. The summed E-state index contributed by atoms with van der Waals surface area (Å²) in [5.74, 6) is -0.000103. The maximum absolute atomic E-state index is 12.3. The van der Waals surface area contributed by atoms with E-state index in [9.17, 15) is 4.79 Å². The molecule has 1 aromatic carbocycles. The van der Waals surface area contributed by atoms with Crippen LogP contribution in [0.2, 0.25) is 5.02 Å². The number of H-pyrrole nitrogens is 1. The van der Waals surface area contributed by atoms with E-state index in [1.54, 1.807) is 0 Å². The zero-order valence-electron chi connectivity index (χ0n) is 16.5. The molecule has 3 aromatic rings. The number of rotatable bonds is 8. The summed E-state index contributed by atoms with van der Waals surface area (Å²) in [5, 5.41) is 8.30. The van der Waals surface area contributed by atoms with Crippen LogP contribution in [0.3, 0.4) is 0 Å². The fraction of sp³-hybridized carbons (Fsp3) is 0.227. The molecule has 0 aliphatic heterocycles. The molecule has 0 radical (unpaired) electrons. The first-order valence-electron chi connectivity index (χ1n) is 9.28. The number of aromatic nitrogens is 3. The normalized spacial score (nSPS) is 11.1. The van der Waals surface area contributed by atoms with Gasteiger partial charge in [0.2, 0.25) is 5.89 Å². The minimum Gasteiger partial charge on any atom is -0.361 e. The minimum absolute atomic E-state index is 0.0167. The van der Waals surface area contributed by atoms with Gasteiger partial charge in [0.05, 0.1) is 6.42 Å². The summed E-state index contributed by atoms with van der Waals surface area (Å²) in [6.45, 7) is 8.43. The van der Waals surface area contributed by atoms with Crippen molar-refractivity contribution in [2.75, 3.05) is 6.54 Å². The second-order valence-corrected chi connectivity index (χ2v) is 7.40. The lowest BCUT2D eigenvalue weighted by atomic mass is 10.1. The maximum atomic E-state index is 12.3. The zero-order chi connectivity index (χ0) is 20.8. The topological polar surface area (TPSA) is 83.8 Å². The summed E-state index contributed by atoms with van der Waals surface area (Å²) in [7, 11) is 0. The number of halogens is 1. The Labute approximate surface area is 174 Å². The Morgan fingerprint density at radius 3 is 3.00 bits per heavy atom. The van der Waals surface area contributed by atoms with Gasteiger partial charge < -0.3 is 14.8 Å². The lowest BCUT2D eigenvalue weighted by molar-refractivity contribution is 0.0941. The molecule has 0 atom stereocenters. The SMILES string of the molecule is C=C(/C=C\C=C(C)C)Cc1nc(C(=O)NCCc2c[nH]c3ccc(Cl)cc23)no1. The first-order valence-corrected chi connectivity index (χ1v) is 9.66. The fourth-order valence-corrected chi connectivity index (χ4v) is 2.97. The van der Waals surface area contributed by atoms with Crippen LogP contribution in [-0.4, -0.2) is 27.6 Å². The third kappa shape index (κ3) is 5.68. The van der Waals surface area contributed by atoms with Crippen molar-refractivity contribution >= 4 is 28.4 Å². The van der Waals surface area contributed by atoms with Gasteiger partial charge in [0.1, 0.15) is 0 Å². The van der Waals surface area contributed by atoms with Gasteiger partial charge in [-0.2, -0.15) is 4.98 Å². The number of hydrogen-bond acceptors (Lipinski definition) is 4. The van der Waals surface area contributed by atoms with Crippen LogP contribution >= 0.6 is 11.6 Å². The molecule has 150 valence electrons. The highest BCUT2D eigenvalue weighted by molar-refractivity contribution is 6.31. The van der Waals surface area contributed by atoms with Crippen molar-refractivity contribution in [1.29, 1.82) is 0 Å². The van der Waals surface area contributed by atoms with Crippen LogP contribution in [0.5, 0.6) is 0 Å². The van der Waals surface area contributed by atoms with E-state index in [2.05, 4.69) is 27.0 Å². The molecule has 0 unspecified atom stereocenters. The van der Waals surface area contributed by atoms with E-state index in [4.69, 9.17) is 16.1 Å². The number of carbonyl (C=O) groups excluding carboxylic acids is 1. The van der Waals surface area contributed by atoms with Crippen LogP contribution in [-0.2, 0) is 12.8 Å². The van der Waals surface area contributed by atoms with Gasteiger partial charge >= 0.3 is 0 Å². The number of allylic oxidation sites excluding steroid dienone is 5. The average Bonchev–Trinajstić information content (AvgIpc) is 3.28. The molecular weight excluding hydrogens is 388 g/mol. The summed E-state index contributed by atoms with van der Waals surface area (Å²) >= 11 is 6.07. The molecule has 7 heteroatoms. The van der Waals surface area contributed by atoms with Crippen LogP contribution in [0, 0.1) is 0 Å². The second-order valence-electron chi connectivity index (χ2n) is 6.96. The summed E-state index contributed by atoms with van der Waals surface area (Å²) < 4.78 is 5.16. The maximum Gasteiger partial charge on any atom is 0.292 e. The Morgan fingerprint density at radius 1 is 1.38 bits per heavy atom. The number of fused-ring (bicyclic) bond motifs is 1. The van der Waals surface area contributed by atoms with Crippen LogP contribution < -0.4 is 5.32 Å². The quantitative estimate of drug-likeness (QED) is 0.522. The molecule has 0 aliphatic rings. The lowest BCUT2D eigenvalue weighted by Gasteiger charge is -2.02. The number of carbonyl (C=O) groups is 1. The lowest BCUT2D eigenvalue weighted by Crippen LogP contribution is -2.26. The standard InChI is InChI=1S/C22H23ClN4O2/c1-14(2)5-4-6-15(3)11-20-26-21(27-29-20)22(28)24-10-9-16-13-25-19-8-7-17(23)12-18(16)19/h4-8,12-13,25H,3,9-11H2,1-2H3,(H,24,28)/b6-4-. The Bertz CT molecular complexity index is 1090.